The number of carbonyl (C=O) groups excluding carboxylic acids is 1. The van der Waals surface area contributed by atoms with Crippen LogP contribution in [0.4, 0.5) is 4.79 Å². The van der Waals surface area contributed by atoms with Crippen LogP contribution < -0.4 is 10.6 Å². The van der Waals surface area contributed by atoms with Crippen molar-refractivity contribution in [1.29, 1.82) is 0 Å². The summed E-state index contributed by atoms with van der Waals surface area (Å²) in [4.78, 5) is 14.0. The van der Waals surface area contributed by atoms with Crippen LogP contribution in [0.1, 0.15) is 11.1 Å². The van der Waals surface area contributed by atoms with Gasteiger partial charge in [-0.3, -0.25) is 4.90 Å². The highest BCUT2D eigenvalue weighted by molar-refractivity contribution is 5.73. The second-order valence-corrected chi connectivity index (χ2v) is 6.47. The van der Waals surface area contributed by atoms with Gasteiger partial charge in [0.2, 0.25) is 0 Å². The number of aromatic nitrogens is 1. The summed E-state index contributed by atoms with van der Waals surface area (Å²) >= 11 is 0. The predicted molar refractivity (Wildman–Crippen MR) is 97.3 cm³/mol. The lowest BCUT2D eigenvalue weighted by Crippen LogP contribution is -2.45. The Balaban J connectivity index is 1.32. The van der Waals surface area contributed by atoms with E-state index >= 15 is 0 Å². The van der Waals surface area contributed by atoms with Crippen molar-refractivity contribution in [3.63, 3.8) is 0 Å². The molecule has 0 saturated carbocycles. The first-order chi connectivity index (χ1) is 12.2. The Hall–Kier alpha value is -2.31. The van der Waals surface area contributed by atoms with Crippen LogP contribution in [0.3, 0.4) is 0 Å². The lowest BCUT2D eigenvalue weighted by Gasteiger charge is -2.30. The highest BCUT2D eigenvalue weighted by atomic mass is 16.3. The van der Waals surface area contributed by atoms with E-state index in [9.17, 15) is 9.90 Å². The number of fused-ring (bicyclic) bond motifs is 1. The van der Waals surface area contributed by atoms with Crippen molar-refractivity contribution in [3.8, 4) is 0 Å². The van der Waals surface area contributed by atoms with Crippen molar-refractivity contribution in [2.75, 3.05) is 26.2 Å². The highest BCUT2D eigenvalue weighted by Gasteiger charge is 2.18. The summed E-state index contributed by atoms with van der Waals surface area (Å²) in [5.74, 6) is 0. The second-order valence-electron chi connectivity index (χ2n) is 6.47. The smallest absolute Gasteiger partial charge is 0.314 e. The van der Waals surface area contributed by atoms with E-state index in [4.69, 9.17) is 0 Å². The monoisotopic (exact) mass is 342 g/mol. The normalized spacial score (nSPS) is 15.4. The first-order valence-electron chi connectivity index (χ1n) is 8.80. The topological polar surface area (TPSA) is 69.5 Å². The summed E-state index contributed by atoms with van der Waals surface area (Å²) < 4.78 is 2.00. The Morgan fingerprint density at radius 3 is 2.68 bits per heavy atom. The summed E-state index contributed by atoms with van der Waals surface area (Å²) in [6.45, 7) is 3.91. The van der Waals surface area contributed by atoms with E-state index in [1.54, 1.807) is 0 Å². The van der Waals surface area contributed by atoms with Gasteiger partial charge in [0.05, 0.1) is 6.10 Å². The van der Waals surface area contributed by atoms with Gasteiger partial charge in [0.25, 0.3) is 0 Å². The van der Waals surface area contributed by atoms with Crippen LogP contribution in [0, 0.1) is 0 Å². The van der Waals surface area contributed by atoms with Gasteiger partial charge < -0.3 is 20.3 Å². The molecule has 3 N–H and O–H groups in total. The van der Waals surface area contributed by atoms with Gasteiger partial charge in [-0.25, -0.2) is 4.79 Å². The molecule has 1 aliphatic heterocycles. The number of aliphatic hydroxyl groups excluding tert-OH is 1. The van der Waals surface area contributed by atoms with E-state index in [1.807, 2.05) is 29.1 Å². The lowest BCUT2D eigenvalue weighted by molar-refractivity contribution is 0.105. The third-order valence-corrected chi connectivity index (χ3v) is 4.50. The molecule has 2 aromatic rings. The van der Waals surface area contributed by atoms with E-state index in [0.717, 1.165) is 26.1 Å². The number of rotatable bonds is 7. The van der Waals surface area contributed by atoms with Crippen LogP contribution in [0.15, 0.2) is 48.8 Å². The van der Waals surface area contributed by atoms with Crippen LogP contribution in [0.5, 0.6) is 0 Å². The molecule has 0 radical (unpaired) electrons. The molecular formula is C19H26N4O2. The van der Waals surface area contributed by atoms with Gasteiger partial charge in [0.15, 0.2) is 0 Å². The largest absolute Gasteiger partial charge is 0.390 e. The molecule has 134 valence electrons. The second kappa shape index (κ2) is 8.69. The van der Waals surface area contributed by atoms with Gasteiger partial charge in [0.1, 0.15) is 0 Å². The third-order valence-electron chi connectivity index (χ3n) is 4.50. The molecular weight excluding hydrogens is 316 g/mol. The van der Waals surface area contributed by atoms with Gasteiger partial charge in [-0.05, 0) is 29.7 Å². The molecule has 6 heteroatoms. The minimum Gasteiger partial charge on any atom is -0.390 e. The number of hydrogen-bond donors (Lipinski definition) is 3. The highest BCUT2D eigenvalue weighted by Crippen LogP contribution is 2.18. The van der Waals surface area contributed by atoms with Crippen LogP contribution in [0.2, 0.25) is 0 Å². The Kier molecular flexibility index (Phi) is 6.09. The molecule has 0 spiro atoms. The SMILES string of the molecule is O=C(NCCn1cccc1)NCC(O)CN1CCc2ccccc2C1. The quantitative estimate of drug-likeness (QED) is 0.708. The fraction of sp³-hybridized carbons (Fsp3) is 0.421. The van der Waals surface area contributed by atoms with Crippen LogP contribution in [-0.2, 0) is 19.5 Å². The van der Waals surface area contributed by atoms with Crippen molar-refractivity contribution in [1.82, 2.24) is 20.1 Å². The summed E-state index contributed by atoms with van der Waals surface area (Å²) in [6.07, 6.45) is 4.36. The van der Waals surface area contributed by atoms with E-state index in [1.165, 1.54) is 11.1 Å². The molecule has 1 aliphatic rings. The zero-order valence-electron chi connectivity index (χ0n) is 14.4. The number of nitrogens with one attached hydrogen (secondary N) is 2. The fourth-order valence-corrected chi connectivity index (χ4v) is 3.16. The van der Waals surface area contributed by atoms with Gasteiger partial charge in [-0.15, -0.1) is 0 Å². The fourth-order valence-electron chi connectivity index (χ4n) is 3.16. The summed E-state index contributed by atoms with van der Waals surface area (Å²) in [7, 11) is 0. The molecule has 0 fully saturated rings. The zero-order valence-corrected chi connectivity index (χ0v) is 14.4. The van der Waals surface area contributed by atoms with E-state index in [-0.39, 0.29) is 12.6 Å². The van der Waals surface area contributed by atoms with Crippen molar-refractivity contribution >= 4 is 6.03 Å². The number of β-amino-alcohol motifs (C(OH)–C–C–N with tert-alkyl or cyclic N) is 1. The van der Waals surface area contributed by atoms with E-state index in [2.05, 4.69) is 39.8 Å². The number of aliphatic hydroxyl groups is 1. The Bertz CT molecular complexity index is 672. The number of amides is 2. The summed E-state index contributed by atoms with van der Waals surface area (Å²) in [6, 6.07) is 12.1. The molecule has 2 amide bonds. The maximum atomic E-state index is 11.8. The molecule has 25 heavy (non-hydrogen) atoms. The molecule has 6 nitrogen and oxygen atoms in total. The van der Waals surface area contributed by atoms with Crippen LogP contribution in [-0.4, -0.2) is 52.9 Å². The standard InChI is InChI=1S/C19H26N4O2/c24-18(13-21-19(25)20-8-12-22-9-3-4-10-22)15-23-11-7-16-5-1-2-6-17(16)14-23/h1-6,9-10,18,24H,7-8,11-15H2,(H2,20,21,25). The first-order valence-corrected chi connectivity index (χ1v) is 8.80. The molecule has 0 bridgehead atoms. The minimum absolute atomic E-state index is 0.241. The van der Waals surface area contributed by atoms with Crippen molar-refractivity contribution < 1.29 is 9.90 Å². The Morgan fingerprint density at radius 2 is 1.88 bits per heavy atom. The molecule has 3 rings (SSSR count). The van der Waals surface area contributed by atoms with Crippen molar-refractivity contribution in [2.45, 2.75) is 25.6 Å². The van der Waals surface area contributed by atoms with Gasteiger partial charge in [-0.1, -0.05) is 24.3 Å². The van der Waals surface area contributed by atoms with Crippen molar-refractivity contribution in [3.05, 3.63) is 59.9 Å². The molecule has 2 heterocycles. The summed E-state index contributed by atoms with van der Waals surface area (Å²) in [5.41, 5.74) is 2.73. The van der Waals surface area contributed by atoms with Gasteiger partial charge in [-0.2, -0.15) is 0 Å². The number of hydrogen-bond acceptors (Lipinski definition) is 3. The average Bonchev–Trinajstić information content (AvgIpc) is 3.13. The zero-order chi connectivity index (χ0) is 17.5. The first kappa shape index (κ1) is 17.5. The molecule has 1 atom stereocenters. The third kappa shape index (κ3) is 5.34. The van der Waals surface area contributed by atoms with E-state index in [0.29, 0.717) is 13.1 Å². The number of urea groups is 1. The number of benzene rings is 1. The average molecular weight is 342 g/mol. The molecule has 1 aromatic heterocycles. The van der Waals surface area contributed by atoms with Gasteiger partial charge in [0, 0.05) is 51.7 Å². The molecule has 1 aromatic carbocycles. The number of nitrogens with zero attached hydrogens (tertiary/aromatic N) is 2. The summed E-state index contributed by atoms with van der Waals surface area (Å²) in [5, 5.41) is 15.7. The molecule has 0 saturated heterocycles. The maximum absolute atomic E-state index is 11.8. The number of carbonyl (C=O) groups is 1. The molecule has 1 unspecified atom stereocenters. The Labute approximate surface area is 148 Å². The Morgan fingerprint density at radius 1 is 1.12 bits per heavy atom. The maximum Gasteiger partial charge on any atom is 0.314 e. The predicted octanol–water partition coefficient (Wildman–Crippen LogP) is 1.21. The van der Waals surface area contributed by atoms with Crippen LogP contribution >= 0.6 is 0 Å². The molecule has 0 aliphatic carbocycles. The van der Waals surface area contributed by atoms with E-state index < -0.39 is 6.10 Å². The van der Waals surface area contributed by atoms with Crippen molar-refractivity contribution in [2.24, 2.45) is 0 Å². The van der Waals surface area contributed by atoms with Gasteiger partial charge >= 0.3 is 6.03 Å². The minimum atomic E-state index is -0.569. The lowest BCUT2D eigenvalue weighted by atomic mass is 10.00. The van der Waals surface area contributed by atoms with Crippen LogP contribution in [0.25, 0.3) is 0 Å².